The normalized spacial score (nSPS) is 10.9. The first-order chi connectivity index (χ1) is 14.4. The van der Waals surface area contributed by atoms with Crippen molar-refractivity contribution in [1.29, 1.82) is 0 Å². The van der Waals surface area contributed by atoms with Crippen LogP contribution in [-0.2, 0) is 6.54 Å². The summed E-state index contributed by atoms with van der Waals surface area (Å²) in [4.78, 5) is 13.2. The Morgan fingerprint density at radius 1 is 0.759 bits per heavy atom. The van der Waals surface area contributed by atoms with E-state index >= 15 is 0 Å². The van der Waals surface area contributed by atoms with Gasteiger partial charge in [-0.05, 0) is 29.8 Å². The third-order valence-corrected chi connectivity index (χ3v) is 4.89. The lowest BCUT2D eigenvalue weighted by molar-refractivity contribution is 1.13. The van der Waals surface area contributed by atoms with Gasteiger partial charge in [0, 0.05) is 41.9 Å². The molecule has 0 unspecified atom stereocenters. The van der Waals surface area contributed by atoms with Gasteiger partial charge in [0.25, 0.3) is 0 Å². The zero-order valence-electron chi connectivity index (χ0n) is 15.7. The van der Waals surface area contributed by atoms with Crippen molar-refractivity contribution in [2.24, 2.45) is 0 Å². The zero-order chi connectivity index (χ0) is 19.5. The Morgan fingerprint density at radius 3 is 2.34 bits per heavy atom. The van der Waals surface area contributed by atoms with E-state index in [0.29, 0.717) is 0 Å². The molecule has 0 bridgehead atoms. The molecule has 0 saturated heterocycles. The van der Waals surface area contributed by atoms with Crippen LogP contribution < -0.4 is 5.32 Å². The first kappa shape index (κ1) is 17.1. The van der Waals surface area contributed by atoms with Crippen molar-refractivity contribution >= 4 is 11.3 Å². The van der Waals surface area contributed by atoms with E-state index in [1.54, 1.807) is 12.4 Å². The minimum atomic E-state index is 0.782. The van der Waals surface area contributed by atoms with Crippen molar-refractivity contribution in [1.82, 2.24) is 19.4 Å². The number of pyridine rings is 1. The molecule has 0 atom stereocenters. The smallest absolute Gasteiger partial charge is 0.155 e. The number of para-hydroxylation sites is 1. The highest BCUT2D eigenvalue weighted by atomic mass is 15.0. The molecule has 140 valence electrons. The molecule has 0 aliphatic rings. The Bertz CT molecular complexity index is 1230. The summed E-state index contributed by atoms with van der Waals surface area (Å²) in [6.07, 6.45) is 9.30. The number of nitrogens with zero attached hydrogens (tertiary/aromatic N) is 4. The SMILES string of the molecule is c1ccc(NCc2ccc(-c3cn4c(-c5ccncc5)cnc4cn3)cc2)cc1. The molecule has 3 heterocycles. The van der Waals surface area contributed by atoms with E-state index in [1.807, 2.05) is 48.9 Å². The molecule has 1 N–H and O–H groups in total. The first-order valence-electron chi connectivity index (χ1n) is 9.48. The summed E-state index contributed by atoms with van der Waals surface area (Å²) < 4.78 is 2.07. The van der Waals surface area contributed by atoms with Crippen molar-refractivity contribution in [2.75, 3.05) is 5.32 Å². The van der Waals surface area contributed by atoms with Crippen LogP contribution in [0.15, 0.2) is 97.7 Å². The highest BCUT2D eigenvalue weighted by Crippen LogP contribution is 2.23. The lowest BCUT2D eigenvalue weighted by atomic mass is 10.1. The topological polar surface area (TPSA) is 55.1 Å². The predicted molar refractivity (Wildman–Crippen MR) is 115 cm³/mol. The van der Waals surface area contributed by atoms with Crippen LogP contribution in [0.4, 0.5) is 5.69 Å². The highest BCUT2D eigenvalue weighted by molar-refractivity contribution is 5.66. The summed E-state index contributed by atoms with van der Waals surface area (Å²) in [6.45, 7) is 0.782. The third-order valence-electron chi connectivity index (χ3n) is 4.89. The van der Waals surface area contributed by atoms with Crippen LogP contribution in [0, 0.1) is 0 Å². The molecule has 5 rings (SSSR count). The molecule has 2 aromatic carbocycles. The van der Waals surface area contributed by atoms with Crippen LogP contribution in [0.25, 0.3) is 28.2 Å². The second-order valence-electron chi connectivity index (χ2n) is 6.80. The van der Waals surface area contributed by atoms with Gasteiger partial charge in [0.05, 0.1) is 23.8 Å². The van der Waals surface area contributed by atoms with Crippen LogP contribution in [0.5, 0.6) is 0 Å². The van der Waals surface area contributed by atoms with Gasteiger partial charge in [-0.3, -0.25) is 14.4 Å². The van der Waals surface area contributed by atoms with E-state index in [4.69, 9.17) is 0 Å². The van der Waals surface area contributed by atoms with E-state index in [1.165, 1.54) is 5.56 Å². The van der Waals surface area contributed by atoms with Gasteiger partial charge >= 0.3 is 0 Å². The maximum atomic E-state index is 4.60. The monoisotopic (exact) mass is 377 g/mol. The fraction of sp³-hybridized carbons (Fsp3) is 0.0417. The molecule has 0 aliphatic carbocycles. The largest absolute Gasteiger partial charge is 0.381 e. The summed E-state index contributed by atoms with van der Waals surface area (Å²) in [6, 6.07) is 22.7. The minimum absolute atomic E-state index is 0.782. The molecule has 3 aromatic heterocycles. The van der Waals surface area contributed by atoms with Gasteiger partial charge in [-0.1, -0.05) is 42.5 Å². The van der Waals surface area contributed by atoms with Crippen LogP contribution in [0.3, 0.4) is 0 Å². The van der Waals surface area contributed by atoms with E-state index in [2.05, 4.69) is 61.1 Å². The summed E-state index contributed by atoms with van der Waals surface area (Å²) in [5, 5.41) is 3.43. The number of hydrogen-bond donors (Lipinski definition) is 1. The average molecular weight is 377 g/mol. The third kappa shape index (κ3) is 3.58. The molecular formula is C24H19N5. The van der Waals surface area contributed by atoms with Crippen molar-refractivity contribution in [3.8, 4) is 22.5 Å². The van der Waals surface area contributed by atoms with E-state index < -0.39 is 0 Å². The van der Waals surface area contributed by atoms with Crippen LogP contribution in [0.1, 0.15) is 5.56 Å². The molecule has 5 aromatic rings. The number of rotatable bonds is 5. The summed E-state index contributed by atoms with van der Waals surface area (Å²) in [5.41, 5.74) is 7.25. The van der Waals surface area contributed by atoms with Crippen LogP contribution in [-0.4, -0.2) is 19.4 Å². The fourth-order valence-corrected chi connectivity index (χ4v) is 3.33. The highest BCUT2D eigenvalue weighted by Gasteiger charge is 2.08. The second kappa shape index (κ2) is 7.56. The Labute approximate surface area is 168 Å². The molecule has 0 aliphatic heterocycles. The fourth-order valence-electron chi connectivity index (χ4n) is 3.33. The number of anilines is 1. The van der Waals surface area contributed by atoms with Gasteiger partial charge in [0.1, 0.15) is 0 Å². The Morgan fingerprint density at radius 2 is 1.55 bits per heavy atom. The van der Waals surface area contributed by atoms with Crippen molar-refractivity contribution < 1.29 is 0 Å². The maximum Gasteiger partial charge on any atom is 0.155 e. The average Bonchev–Trinajstić information content (AvgIpc) is 3.23. The van der Waals surface area contributed by atoms with Gasteiger partial charge < -0.3 is 5.32 Å². The molecule has 0 radical (unpaired) electrons. The molecule has 0 fully saturated rings. The van der Waals surface area contributed by atoms with Crippen molar-refractivity contribution in [3.63, 3.8) is 0 Å². The van der Waals surface area contributed by atoms with Gasteiger partial charge in [0.2, 0.25) is 0 Å². The summed E-state index contributed by atoms with van der Waals surface area (Å²) in [7, 11) is 0. The van der Waals surface area contributed by atoms with E-state index in [0.717, 1.165) is 40.4 Å². The molecule has 5 nitrogen and oxygen atoms in total. The predicted octanol–water partition coefficient (Wildman–Crippen LogP) is 5.07. The molecule has 0 amide bonds. The Balaban J connectivity index is 1.40. The lowest BCUT2D eigenvalue weighted by Gasteiger charge is -2.08. The number of hydrogen-bond acceptors (Lipinski definition) is 4. The van der Waals surface area contributed by atoms with E-state index in [-0.39, 0.29) is 0 Å². The summed E-state index contributed by atoms with van der Waals surface area (Å²) >= 11 is 0. The molecule has 5 heteroatoms. The number of imidazole rings is 1. The second-order valence-corrected chi connectivity index (χ2v) is 6.80. The molecular weight excluding hydrogens is 358 g/mol. The molecule has 0 saturated carbocycles. The Hall–Kier alpha value is -3.99. The quantitative estimate of drug-likeness (QED) is 0.465. The first-order valence-corrected chi connectivity index (χ1v) is 9.48. The van der Waals surface area contributed by atoms with Gasteiger partial charge in [-0.2, -0.15) is 0 Å². The van der Waals surface area contributed by atoms with Crippen molar-refractivity contribution in [3.05, 3.63) is 103 Å². The Kier molecular flexibility index (Phi) is 4.47. The number of nitrogens with one attached hydrogen (secondary N) is 1. The molecule has 29 heavy (non-hydrogen) atoms. The van der Waals surface area contributed by atoms with Gasteiger partial charge in [-0.15, -0.1) is 0 Å². The number of aromatic nitrogens is 4. The number of benzene rings is 2. The standard InChI is InChI=1S/C24H19N5/c1-2-4-21(5-3-1)26-14-18-6-8-19(9-7-18)22-17-29-23(15-28-24(29)16-27-22)20-10-12-25-13-11-20/h1-13,15-17,26H,14H2. The zero-order valence-corrected chi connectivity index (χ0v) is 15.7. The van der Waals surface area contributed by atoms with E-state index in [9.17, 15) is 0 Å². The van der Waals surface area contributed by atoms with Crippen LogP contribution in [0.2, 0.25) is 0 Å². The van der Waals surface area contributed by atoms with Gasteiger partial charge in [0.15, 0.2) is 5.65 Å². The minimum Gasteiger partial charge on any atom is -0.381 e. The number of fused-ring (bicyclic) bond motifs is 1. The van der Waals surface area contributed by atoms with Gasteiger partial charge in [-0.25, -0.2) is 4.98 Å². The van der Waals surface area contributed by atoms with Crippen molar-refractivity contribution in [2.45, 2.75) is 6.54 Å². The lowest BCUT2D eigenvalue weighted by Crippen LogP contribution is -1.99. The maximum absolute atomic E-state index is 4.60. The molecule has 0 spiro atoms. The van der Waals surface area contributed by atoms with Crippen LogP contribution >= 0.6 is 0 Å². The summed E-state index contributed by atoms with van der Waals surface area (Å²) in [5.74, 6) is 0.